The van der Waals surface area contributed by atoms with Crippen LogP contribution in [0.25, 0.3) is 5.57 Å². The van der Waals surface area contributed by atoms with Crippen LogP contribution >= 0.6 is 0 Å². The first-order chi connectivity index (χ1) is 9.13. The van der Waals surface area contributed by atoms with Crippen molar-refractivity contribution < 1.29 is 9.53 Å². The van der Waals surface area contributed by atoms with Gasteiger partial charge in [0.25, 0.3) is 0 Å². The number of nitrogen functional groups attached to an aromatic ring is 2. The van der Waals surface area contributed by atoms with E-state index in [4.69, 9.17) is 16.2 Å². The zero-order chi connectivity index (χ0) is 13.8. The molecule has 1 unspecified atom stereocenters. The molecule has 1 aromatic rings. The van der Waals surface area contributed by atoms with Crippen LogP contribution in [0.5, 0.6) is 0 Å². The molecule has 0 spiro atoms. The lowest BCUT2D eigenvalue weighted by Crippen LogP contribution is -2.20. The molecule has 2 rings (SSSR count). The number of rotatable bonds is 3. The van der Waals surface area contributed by atoms with Crippen molar-refractivity contribution in [2.45, 2.75) is 26.2 Å². The number of nitrogens with two attached hydrogens (primary N) is 2. The van der Waals surface area contributed by atoms with Crippen LogP contribution in [0.1, 0.15) is 31.7 Å². The van der Waals surface area contributed by atoms with Crippen molar-refractivity contribution >= 4 is 23.2 Å². The number of carbonyl (C=O) groups is 1. The molecule has 0 aliphatic heterocycles. The second-order valence-corrected chi connectivity index (χ2v) is 4.47. The van der Waals surface area contributed by atoms with Gasteiger partial charge >= 0.3 is 5.97 Å². The maximum atomic E-state index is 11.6. The summed E-state index contributed by atoms with van der Waals surface area (Å²) in [5, 5.41) is 0. The molecule has 0 amide bonds. The monoisotopic (exact) mass is 262 g/mol. The van der Waals surface area contributed by atoms with Gasteiger partial charge < -0.3 is 16.2 Å². The van der Waals surface area contributed by atoms with Crippen LogP contribution in [-0.2, 0) is 9.53 Å². The minimum Gasteiger partial charge on any atom is -0.466 e. The predicted octanol–water partition coefficient (Wildman–Crippen LogP) is 1.39. The summed E-state index contributed by atoms with van der Waals surface area (Å²) in [7, 11) is 0. The number of nitrogens with zero attached hydrogens (tertiary/aromatic N) is 2. The maximum Gasteiger partial charge on any atom is 0.309 e. The topological polar surface area (TPSA) is 104 Å². The summed E-state index contributed by atoms with van der Waals surface area (Å²) in [4.78, 5) is 19.6. The van der Waals surface area contributed by atoms with E-state index in [1.54, 1.807) is 0 Å². The molecule has 6 nitrogen and oxygen atoms in total. The van der Waals surface area contributed by atoms with Gasteiger partial charge in [0.1, 0.15) is 18.0 Å². The van der Waals surface area contributed by atoms with Gasteiger partial charge in [0.2, 0.25) is 0 Å². The fourth-order valence-corrected chi connectivity index (χ4v) is 2.28. The smallest absolute Gasteiger partial charge is 0.309 e. The molecule has 1 aliphatic rings. The minimum absolute atomic E-state index is 0.0734. The van der Waals surface area contributed by atoms with E-state index in [0.29, 0.717) is 30.2 Å². The third-order valence-corrected chi connectivity index (χ3v) is 3.26. The number of carbonyl (C=O) groups excluding carboxylic acids is 1. The Hall–Kier alpha value is -2.11. The zero-order valence-corrected chi connectivity index (χ0v) is 10.9. The van der Waals surface area contributed by atoms with E-state index in [1.165, 1.54) is 6.33 Å². The van der Waals surface area contributed by atoms with Crippen LogP contribution in [0, 0.1) is 5.92 Å². The number of hydrogen-bond acceptors (Lipinski definition) is 6. The Balaban J connectivity index is 2.15. The zero-order valence-electron chi connectivity index (χ0n) is 10.9. The number of allylic oxidation sites excluding steroid dienone is 2. The van der Waals surface area contributed by atoms with Crippen LogP contribution in [0.3, 0.4) is 0 Å². The highest BCUT2D eigenvalue weighted by Gasteiger charge is 2.24. The summed E-state index contributed by atoms with van der Waals surface area (Å²) >= 11 is 0. The highest BCUT2D eigenvalue weighted by atomic mass is 16.5. The molecule has 1 aliphatic carbocycles. The van der Waals surface area contributed by atoms with Gasteiger partial charge in [0.15, 0.2) is 0 Å². The highest BCUT2D eigenvalue weighted by molar-refractivity contribution is 5.82. The van der Waals surface area contributed by atoms with E-state index in [2.05, 4.69) is 9.97 Å². The van der Waals surface area contributed by atoms with Gasteiger partial charge in [-0.2, -0.15) is 0 Å². The second kappa shape index (κ2) is 5.69. The van der Waals surface area contributed by atoms with E-state index < -0.39 is 0 Å². The fourth-order valence-electron chi connectivity index (χ4n) is 2.28. The average molecular weight is 262 g/mol. The molecule has 19 heavy (non-hydrogen) atoms. The van der Waals surface area contributed by atoms with Crippen LogP contribution in [-0.4, -0.2) is 22.5 Å². The number of aromatic nitrogens is 2. The van der Waals surface area contributed by atoms with Crippen molar-refractivity contribution in [2.24, 2.45) is 5.92 Å². The number of ether oxygens (including phenoxy) is 1. The van der Waals surface area contributed by atoms with Gasteiger partial charge in [-0.1, -0.05) is 6.08 Å². The van der Waals surface area contributed by atoms with Crippen molar-refractivity contribution in [1.82, 2.24) is 9.97 Å². The Morgan fingerprint density at radius 2 is 2.11 bits per heavy atom. The molecule has 0 aromatic carbocycles. The molecule has 6 heteroatoms. The van der Waals surface area contributed by atoms with Crippen molar-refractivity contribution in [3.05, 3.63) is 18.0 Å². The molecule has 4 N–H and O–H groups in total. The normalized spacial score (nSPS) is 18.8. The quantitative estimate of drug-likeness (QED) is 0.797. The van der Waals surface area contributed by atoms with E-state index in [0.717, 1.165) is 18.4 Å². The lowest BCUT2D eigenvalue weighted by atomic mass is 9.87. The molecule has 102 valence electrons. The molecule has 1 atom stereocenters. The molecule has 0 bridgehead atoms. The van der Waals surface area contributed by atoms with Crippen molar-refractivity contribution in [2.75, 3.05) is 18.1 Å². The van der Waals surface area contributed by atoms with E-state index in [1.807, 2.05) is 13.0 Å². The van der Waals surface area contributed by atoms with Gasteiger partial charge in [0, 0.05) is 0 Å². The first kappa shape index (κ1) is 13.3. The van der Waals surface area contributed by atoms with E-state index >= 15 is 0 Å². The lowest BCUT2D eigenvalue weighted by molar-refractivity contribution is -0.148. The minimum atomic E-state index is -0.136. The maximum absolute atomic E-state index is 11.6. The van der Waals surface area contributed by atoms with E-state index in [-0.39, 0.29) is 11.9 Å². The van der Waals surface area contributed by atoms with Crippen molar-refractivity contribution in [1.29, 1.82) is 0 Å². The molecule has 0 fully saturated rings. The standard InChI is InChI=1S/C13H18N4O2/c1-2-19-13(18)9-5-3-8(4-6-9)10-11(14)16-7-17-12(10)15/h3,7,9H,2,4-6H2,1H3,(H4,14,15,16,17). The molecule has 1 aromatic heterocycles. The molecule has 1 heterocycles. The van der Waals surface area contributed by atoms with Crippen molar-refractivity contribution in [3.8, 4) is 0 Å². The first-order valence-electron chi connectivity index (χ1n) is 6.35. The van der Waals surface area contributed by atoms with Gasteiger partial charge in [-0.15, -0.1) is 0 Å². The average Bonchev–Trinajstić information content (AvgIpc) is 2.39. The van der Waals surface area contributed by atoms with Crippen molar-refractivity contribution in [3.63, 3.8) is 0 Å². The third kappa shape index (κ3) is 2.83. The largest absolute Gasteiger partial charge is 0.466 e. The third-order valence-electron chi connectivity index (χ3n) is 3.26. The molecular weight excluding hydrogens is 244 g/mol. The Labute approximate surface area is 111 Å². The number of esters is 1. The Morgan fingerprint density at radius 3 is 2.63 bits per heavy atom. The summed E-state index contributed by atoms with van der Waals surface area (Å²) in [6, 6.07) is 0. The van der Waals surface area contributed by atoms with Gasteiger partial charge in [-0.3, -0.25) is 4.79 Å². The summed E-state index contributed by atoms with van der Waals surface area (Å²) in [5.74, 6) is 0.556. The SMILES string of the molecule is CCOC(=O)C1CC=C(c2c(N)ncnc2N)CC1. The van der Waals surface area contributed by atoms with Crippen LogP contribution in [0.4, 0.5) is 11.6 Å². The molecule has 0 saturated carbocycles. The molecule has 0 saturated heterocycles. The second-order valence-electron chi connectivity index (χ2n) is 4.47. The summed E-state index contributed by atoms with van der Waals surface area (Å²) < 4.78 is 5.03. The van der Waals surface area contributed by atoms with E-state index in [9.17, 15) is 4.79 Å². The molecule has 0 radical (unpaired) electrons. The first-order valence-corrected chi connectivity index (χ1v) is 6.35. The summed E-state index contributed by atoms with van der Waals surface area (Å²) in [5.41, 5.74) is 13.4. The Kier molecular flexibility index (Phi) is 3.99. The van der Waals surface area contributed by atoms with Gasteiger partial charge in [-0.25, -0.2) is 9.97 Å². The van der Waals surface area contributed by atoms with Crippen LogP contribution in [0.2, 0.25) is 0 Å². The fraction of sp³-hybridized carbons (Fsp3) is 0.462. The lowest BCUT2D eigenvalue weighted by Gasteiger charge is -2.21. The Bertz CT molecular complexity index is 493. The number of hydrogen-bond donors (Lipinski definition) is 2. The van der Waals surface area contributed by atoms with Crippen LogP contribution < -0.4 is 11.5 Å². The summed E-state index contributed by atoms with van der Waals surface area (Å²) in [6.45, 7) is 2.23. The Morgan fingerprint density at radius 1 is 1.42 bits per heavy atom. The van der Waals surface area contributed by atoms with Gasteiger partial charge in [-0.05, 0) is 31.8 Å². The molecular formula is C13H18N4O2. The highest BCUT2D eigenvalue weighted by Crippen LogP contribution is 2.34. The predicted molar refractivity (Wildman–Crippen MR) is 72.8 cm³/mol. The summed E-state index contributed by atoms with van der Waals surface area (Å²) in [6.07, 6.45) is 5.43. The van der Waals surface area contributed by atoms with Gasteiger partial charge in [0.05, 0.1) is 18.1 Å². The number of anilines is 2. The van der Waals surface area contributed by atoms with Crippen LogP contribution in [0.15, 0.2) is 12.4 Å².